The first-order valence-corrected chi connectivity index (χ1v) is 7.48. The largest absolute Gasteiger partial charge is 0.370 e. The highest BCUT2D eigenvalue weighted by molar-refractivity contribution is 9.10. The summed E-state index contributed by atoms with van der Waals surface area (Å²) in [6, 6.07) is 3.68. The number of anilines is 1. The van der Waals surface area contributed by atoms with E-state index >= 15 is 0 Å². The van der Waals surface area contributed by atoms with Gasteiger partial charge >= 0.3 is 0 Å². The fourth-order valence-corrected chi connectivity index (χ4v) is 2.20. The van der Waals surface area contributed by atoms with E-state index in [4.69, 9.17) is 0 Å². The van der Waals surface area contributed by atoms with Gasteiger partial charge in [-0.05, 0) is 53.0 Å². The van der Waals surface area contributed by atoms with Crippen molar-refractivity contribution in [3.63, 3.8) is 0 Å². The number of aryl methyl sites for hydroxylation is 1. The molecule has 0 radical (unpaired) electrons. The Morgan fingerprint density at radius 1 is 1.38 bits per heavy atom. The molecule has 110 valence electrons. The van der Waals surface area contributed by atoms with Gasteiger partial charge in [-0.25, -0.2) is 4.98 Å². The van der Waals surface area contributed by atoms with Gasteiger partial charge in [0.05, 0.1) is 5.56 Å². The first-order chi connectivity index (χ1) is 10.1. The maximum absolute atomic E-state index is 12.3. The molecule has 5 nitrogen and oxygen atoms in total. The van der Waals surface area contributed by atoms with Crippen LogP contribution < -0.4 is 10.6 Å². The van der Waals surface area contributed by atoms with Crippen LogP contribution in [0.1, 0.15) is 28.4 Å². The average Bonchev–Trinajstić information content (AvgIpc) is 2.48. The predicted octanol–water partition coefficient (Wildman–Crippen LogP) is 2.91. The molecule has 1 amide bonds. The predicted molar refractivity (Wildman–Crippen MR) is 86.2 cm³/mol. The van der Waals surface area contributed by atoms with E-state index in [1.807, 2.05) is 19.9 Å². The standard InChI is InChI=1S/C15H17BrN4O/c1-3-18-14-13(6-12(16)9-19-14)15(21)20-8-11-7-17-5-4-10(11)2/h4-7,9H,3,8H2,1-2H3,(H,18,19)(H,20,21). The van der Waals surface area contributed by atoms with Crippen LogP contribution in [0.3, 0.4) is 0 Å². The minimum Gasteiger partial charge on any atom is -0.370 e. The third-order valence-electron chi connectivity index (χ3n) is 3.03. The second kappa shape index (κ2) is 7.17. The van der Waals surface area contributed by atoms with Crippen molar-refractivity contribution in [2.45, 2.75) is 20.4 Å². The van der Waals surface area contributed by atoms with Gasteiger partial charge in [-0.15, -0.1) is 0 Å². The number of carbonyl (C=O) groups excluding carboxylic acids is 1. The zero-order chi connectivity index (χ0) is 15.2. The van der Waals surface area contributed by atoms with E-state index in [-0.39, 0.29) is 5.91 Å². The van der Waals surface area contributed by atoms with Gasteiger partial charge in [0.1, 0.15) is 5.82 Å². The number of rotatable bonds is 5. The Labute approximate surface area is 132 Å². The first kappa shape index (κ1) is 15.4. The number of amides is 1. The third-order valence-corrected chi connectivity index (χ3v) is 3.46. The lowest BCUT2D eigenvalue weighted by atomic mass is 10.1. The molecule has 0 saturated carbocycles. The number of pyridine rings is 2. The molecule has 0 saturated heterocycles. The monoisotopic (exact) mass is 348 g/mol. The van der Waals surface area contributed by atoms with Crippen LogP contribution >= 0.6 is 15.9 Å². The van der Waals surface area contributed by atoms with Crippen molar-refractivity contribution in [2.24, 2.45) is 0 Å². The highest BCUT2D eigenvalue weighted by atomic mass is 79.9. The van der Waals surface area contributed by atoms with Gasteiger partial charge in [0.25, 0.3) is 5.91 Å². The Kier molecular flexibility index (Phi) is 5.27. The van der Waals surface area contributed by atoms with Crippen LogP contribution in [-0.2, 0) is 6.54 Å². The van der Waals surface area contributed by atoms with Gasteiger partial charge < -0.3 is 10.6 Å². The number of hydrogen-bond donors (Lipinski definition) is 2. The summed E-state index contributed by atoms with van der Waals surface area (Å²) in [4.78, 5) is 20.6. The Morgan fingerprint density at radius 2 is 2.19 bits per heavy atom. The zero-order valence-electron chi connectivity index (χ0n) is 12.0. The Bertz CT molecular complexity index is 645. The molecule has 2 N–H and O–H groups in total. The van der Waals surface area contributed by atoms with Crippen molar-refractivity contribution in [1.82, 2.24) is 15.3 Å². The molecule has 0 fully saturated rings. The van der Waals surface area contributed by atoms with Gasteiger partial charge in [0.2, 0.25) is 0 Å². The molecule has 0 aromatic carbocycles. The zero-order valence-corrected chi connectivity index (χ0v) is 13.6. The Balaban J connectivity index is 2.13. The summed E-state index contributed by atoms with van der Waals surface area (Å²) in [6.07, 6.45) is 5.17. The molecular formula is C15H17BrN4O. The average molecular weight is 349 g/mol. The normalized spacial score (nSPS) is 10.2. The summed E-state index contributed by atoms with van der Waals surface area (Å²) in [5.41, 5.74) is 2.62. The summed E-state index contributed by atoms with van der Waals surface area (Å²) in [5, 5.41) is 5.99. The minimum atomic E-state index is -0.164. The topological polar surface area (TPSA) is 66.9 Å². The van der Waals surface area contributed by atoms with E-state index in [1.54, 1.807) is 24.7 Å². The van der Waals surface area contributed by atoms with Crippen LogP contribution in [-0.4, -0.2) is 22.4 Å². The number of hydrogen-bond acceptors (Lipinski definition) is 4. The maximum Gasteiger partial charge on any atom is 0.255 e. The van der Waals surface area contributed by atoms with E-state index in [0.29, 0.717) is 24.5 Å². The number of aromatic nitrogens is 2. The molecule has 0 spiro atoms. The molecule has 0 bridgehead atoms. The minimum absolute atomic E-state index is 0.164. The second-order valence-corrected chi connectivity index (χ2v) is 5.48. The molecule has 6 heteroatoms. The van der Waals surface area contributed by atoms with Gasteiger partial charge in [-0.2, -0.15) is 0 Å². The molecule has 2 aromatic rings. The lowest BCUT2D eigenvalue weighted by molar-refractivity contribution is 0.0951. The van der Waals surface area contributed by atoms with Gasteiger partial charge in [-0.3, -0.25) is 9.78 Å². The maximum atomic E-state index is 12.3. The molecule has 0 atom stereocenters. The van der Waals surface area contributed by atoms with Crippen molar-refractivity contribution >= 4 is 27.7 Å². The van der Waals surface area contributed by atoms with Crippen molar-refractivity contribution in [3.8, 4) is 0 Å². The van der Waals surface area contributed by atoms with E-state index in [1.165, 1.54) is 0 Å². The Morgan fingerprint density at radius 3 is 2.90 bits per heavy atom. The summed E-state index contributed by atoms with van der Waals surface area (Å²) in [5.74, 6) is 0.420. The van der Waals surface area contributed by atoms with Crippen molar-refractivity contribution in [3.05, 3.63) is 51.9 Å². The quantitative estimate of drug-likeness (QED) is 0.871. The highest BCUT2D eigenvalue weighted by Gasteiger charge is 2.13. The molecule has 0 aliphatic rings. The number of nitrogens with zero attached hydrogens (tertiary/aromatic N) is 2. The lowest BCUT2D eigenvalue weighted by Crippen LogP contribution is -2.25. The molecular weight excluding hydrogens is 332 g/mol. The highest BCUT2D eigenvalue weighted by Crippen LogP contribution is 2.18. The van der Waals surface area contributed by atoms with Crippen molar-refractivity contribution in [2.75, 3.05) is 11.9 Å². The summed E-state index contributed by atoms with van der Waals surface area (Å²) >= 11 is 3.34. The second-order valence-electron chi connectivity index (χ2n) is 4.56. The Hall–Kier alpha value is -1.95. The molecule has 2 rings (SSSR count). The fraction of sp³-hybridized carbons (Fsp3) is 0.267. The van der Waals surface area contributed by atoms with Crippen molar-refractivity contribution < 1.29 is 4.79 Å². The van der Waals surface area contributed by atoms with Crippen LogP contribution in [0.15, 0.2) is 35.2 Å². The van der Waals surface area contributed by atoms with Crippen LogP contribution in [0.5, 0.6) is 0 Å². The molecule has 2 aromatic heterocycles. The number of carbonyl (C=O) groups is 1. The van der Waals surface area contributed by atoms with Gasteiger partial charge in [-0.1, -0.05) is 0 Å². The SMILES string of the molecule is CCNc1ncc(Br)cc1C(=O)NCc1cnccc1C. The van der Waals surface area contributed by atoms with Crippen LogP contribution in [0, 0.1) is 6.92 Å². The number of halogens is 1. The van der Waals surface area contributed by atoms with Crippen LogP contribution in [0.25, 0.3) is 0 Å². The van der Waals surface area contributed by atoms with E-state index in [9.17, 15) is 4.79 Å². The fourth-order valence-electron chi connectivity index (χ4n) is 1.87. The molecule has 2 heterocycles. The van der Waals surface area contributed by atoms with Crippen LogP contribution in [0.4, 0.5) is 5.82 Å². The van der Waals surface area contributed by atoms with E-state index < -0.39 is 0 Å². The lowest BCUT2D eigenvalue weighted by Gasteiger charge is -2.11. The smallest absolute Gasteiger partial charge is 0.255 e. The van der Waals surface area contributed by atoms with Crippen molar-refractivity contribution in [1.29, 1.82) is 0 Å². The summed E-state index contributed by atoms with van der Waals surface area (Å²) in [7, 11) is 0. The third kappa shape index (κ3) is 4.01. The van der Waals surface area contributed by atoms with Gasteiger partial charge in [0, 0.05) is 36.2 Å². The molecule has 21 heavy (non-hydrogen) atoms. The molecule has 0 aliphatic carbocycles. The van der Waals surface area contributed by atoms with E-state index in [0.717, 1.165) is 15.6 Å². The number of nitrogens with one attached hydrogen (secondary N) is 2. The van der Waals surface area contributed by atoms with Crippen LogP contribution in [0.2, 0.25) is 0 Å². The summed E-state index contributed by atoms with van der Waals surface area (Å²) in [6.45, 7) is 5.10. The first-order valence-electron chi connectivity index (χ1n) is 6.69. The molecule has 0 unspecified atom stereocenters. The van der Waals surface area contributed by atoms with Gasteiger partial charge in [0.15, 0.2) is 0 Å². The summed E-state index contributed by atoms with van der Waals surface area (Å²) < 4.78 is 0.770. The molecule has 0 aliphatic heterocycles. The van der Waals surface area contributed by atoms with E-state index in [2.05, 4.69) is 36.5 Å².